The number of ether oxygens (including phenoxy) is 1. The normalized spacial score (nSPS) is 15.6. The summed E-state index contributed by atoms with van der Waals surface area (Å²) in [6, 6.07) is 14.1. The number of nitrogens with zero attached hydrogens (tertiary/aromatic N) is 5. The lowest BCUT2D eigenvalue weighted by Crippen LogP contribution is -2.03. The second-order valence-electron chi connectivity index (χ2n) is 6.82. The van der Waals surface area contributed by atoms with Crippen molar-refractivity contribution < 1.29 is 4.74 Å². The lowest BCUT2D eigenvalue weighted by Gasteiger charge is -2.15. The highest BCUT2D eigenvalue weighted by atomic mass is 16.5. The average Bonchev–Trinajstić information content (AvgIpc) is 3.39. The molecule has 2 aromatic heterocycles. The maximum atomic E-state index is 9.08. The Labute approximate surface area is 156 Å². The first kappa shape index (κ1) is 15.6. The van der Waals surface area contributed by atoms with Crippen LogP contribution in [0.4, 0.5) is 0 Å². The van der Waals surface area contributed by atoms with Crippen molar-refractivity contribution in [3.63, 3.8) is 0 Å². The molecule has 0 fully saturated rings. The fraction of sp³-hybridized carbons (Fsp3) is 0.190. The van der Waals surface area contributed by atoms with Crippen LogP contribution in [0.1, 0.15) is 29.2 Å². The quantitative estimate of drug-likeness (QED) is 0.562. The molecule has 2 heterocycles. The molecule has 1 aliphatic rings. The minimum absolute atomic E-state index is 0.0138. The average molecular weight is 355 g/mol. The molecule has 0 N–H and O–H groups in total. The molecule has 6 heteroatoms. The molecule has 1 aliphatic carbocycles. The third kappa shape index (κ3) is 2.64. The van der Waals surface area contributed by atoms with E-state index in [-0.39, 0.29) is 6.10 Å². The summed E-state index contributed by atoms with van der Waals surface area (Å²) in [5.74, 6) is 0.815. The summed E-state index contributed by atoms with van der Waals surface area (Å²) >= 11 is 0. The molecule has 0 spiro atoms. The molecular formula is C21H17N5O. The topological polar surface area (TPSA) is 68.7 Å². The van der Waals surface area contributed by atoms with Crippen molar-refractivity contribution in [3.8, 4) is 17.5 Å². The van der Waals surface area contributed by atoms with Crippen molar-refractivity contribution >= 4 is 10.9 Å². The van der Waals surface area contributed by atoms with Crippen molar-refractivity contribution in [2.24, 2.45) is 7.05 Å². The zero-order chi connectivity index (χ0) is 18.4. The van der Waals surface area contributed by atoms with E-state index in [0.29, 0.717) is 5.56 Å². The standard InChI is InChI=1S/C21H17N5O/c1-25-13-17(12-23-25)26-20-9-18(5-3-16(20)11-24-26)27-21-7-4-15-8-14(10-22)2-6-19(15)21/h2-3,5-6,8-9,11-13,21H,4,7H2,1H3. The highest BCUT2D eigenvalue weighted by molar-refractivity contribution is 5.81. The van der Waals surface area contributed by atoms with Crippen LogP contribution in [0.15, 0.2) is 55.0 Å². The van der Waals surface area contributed by atoms with Crippen LogP contribution in [-0.4, -0.2) is 19.6 Å². The Morgan fingerprint density at radius 1 is 1.15 bits per heavy atom. The number of fused-ring (bicyclic) bond motifs is 2. The molecule has 0 bridgehead atoms. The Morgan fingerprint density at radius 2 is 2.07 bits per heavy atom. The second kappa shape index (κ2) is 5.99. The summed E-state index contributed by atoms with van der Waals surface area (Å²) in [7, 11) is 1.89. The van der Waals surface area contributed by atoms with Gasteiger partial charge >= 0.3 is 0 Å². The molecule has 4 aromatic rings. The van der Waals surface area contributed by atoms with Gasteiger partial charge in [-0.3, -0.25) is 4.68 Å². The van der Waals surface area contributed by atoms with E-state index in [1.807, 2.05) is 60.5 Å². The molecule has 6 nitrogen and oxygen atoms in total. The van der Waals surface area contributed by atoms with Crippen molar-refractivity contribution in [3.05, 3.63) is 71.7 Å². The predicted octanol–water partition coefficient (Wildman–Crippen LogP) is 3.70. The van der Waals surface area contributed by atoms with E-state index in [0.717, 1.165) is 35.2 Å². The number of hydrogen-bond donors (Lipinski definition) is 0. The van der Waals surface area contributed by atoms with Crippen LogP contribution in [0.3, 0.4) is 0 Å². The fourth-order valence-corrected chi connectivity index (χ4v) is 3.73. The smallest absolute Gasteiger partial charge is 0.124 e. The minimum Gasteiger partial charge on any atom is -0.486 e. The molecule has 0 amide bonds. The SMILES string of the molecule is Cn1cc(-n2ncc3ccc(OC4CCc5cc(C#N)ccc54)cc32)cn1. The fourth-order valence-electron chi connectivity index (χ4n) is 3.73. The van der Waals surface area contributed by atoms with Gasteiger partial charge in [-0.05, 0) is 48.2 Å². The van der Waals surface area contributed by atoms with Gasteiger partial charge in [0.05, 0.1) is 35.7 Å². The molecule has 1 unspecified atom stereocenters. The van der Waals surface area contributed by atoms with Gasteiger partial charge in [-0.2, -0.15) is 15.5 Å². The van der Waals surface area contributed by atoms with E-state index in [4.69, 9.17) is 10.00 Å². The van der Waals surface area contributed by atoms with Crippen molar-refractivity contribution in [2.45, 2.75) is 18.9 Å². The maximum Gasteiger partial charge on any atom is 0.124 e. The van der Waals surface area contributed by atoms with Crippen molar-refractivity contribution in [1.29, 1.82) is 5.26 Å². The van der Waals surface area contributed by atoms with Gasteiger partial charge in [-0.15, -0.1) is 0 Å². The molecule has 2 aromatic carbocycles. The van der Waals surface area contributed by atoms with E-state index < -0.39 is 0 Å². The maximum absolute atomic E-state index is 9.08. The van der Waals surface area contributed by atoms with Crippen LogP contribution < -0.4 is 4.74 Å². The summed E-state index contributed by atoms with van der Waals surface area (Å²) in [6.45, 7) is 0. The summed E-state index contributed by atoms with van der Waals surface area (Å²) in [6.07, 6.45) is 7.44. The summed E-state index contributed by atoms with van der Waals surface area (Å²) in [4.78, 5) is 0. The van der Waals surface area contributed by atoms with E-state index >= 15 is 0 Å². The van der Waals surface area contributed by atoms with Gasteiger partial charge in [0.15, 0.2) is 0 Å². The molecule has 0 saturated heterocycles. The van der Waals surface area contributed by atoms with Gasteiger partial charge in [0.2, 0.25) is 0 Å². The lowest BCUT2D eigenvalue weighted by atomic mass is 10.1. The predicted molar refractivity (Wildman–Crippen MR) is 101 cm³/mol. The second-order valence-corrected chi connectivity index (χ2v) is 6.82. The number of benzene rings is 2. The van der Waals surface area contributed by atoms with E-state index in [2.05, 4.69) is 16.3 Å². The molecular weight excluding hydrogens is 338 g/mol. The molecule has 1 atom stereocenters. The zero-order valence-corrected chi connectivity index (χ0v) is 14.8. The van der Waals surface area contributed by atoms with Gasteiger partial charge in [0, 0.05) is 18.5 Å². The summed E-state index contributed by atoms with van der Waals surface area (Å²) in [5, 5.41) is 18.8. The molecule has 5 rings (SSSR count). The Hall–Kier alpha value is -3.59. The van der Waals surface area contributed by atoms with Crippen molar-refractivity contribution in [2.75, 3.05) is 0 Å². The highest BCUT2D eigenvalue weighted by Crippen LogP contribution is 2.36. The van der Waals surface area contributed by atoms with Gasteiger partial charge in [0.1, 0.15) is 17.5 Å². The van der Waals surface area contributed by atoms with Crippen LogP contribution >= 0.6 is 0 Å². The van der Waals surface area contributed by atoms with E-state index in [1.165, 1.54) is 11.1 Å². The number of hydrogen-bond acceptors (Lipinski definition) is 4. The van der Waals surface area contributed by atoms with Gasteiger partial charge in [-0.25, -0.2) is 4.68 Å². The van der Waals surface area contributed by atoms with Crippen molar-refractivity contribution in [1.82, 2.24) is 19.6 Å². The van der Waals surface area contributed by atoms with Crippen LogP contribution in [-0.2, 0) is 13.5 Å². The van der Waals surface area contributed by atoms with Crippen LogP contribution in [0, 0.1) is 11.3 Å². The minimum atomic E-state index is 0.0138. The van der Waals surface area contributed by atoms with Gasteiger partial charge < -0.3 is 4.74 Å². The van der Waals surface area contributed by atoms with Gasteiger partial charge in [0.25, 0.3) is 0 Å². The van der Waals surface area contributed by atoms with E-state index in [9.17, 15) is 0 Å². The number of nitriles is 1. The first-order valence-electron chi connectivity index (χ1n) is 8.88. The largest absolute Gasteiger partial charge is 0.486 e. The Kier molecular flexibility index (Phi) is 3.47. The molecule has 0 radical (unpaired) electrons. The Morgan fingerprint density at radius 3 is 2.89 bits per heavy atom. The number of aromatic nitrogens is 4. The zero-order valence-electron chi connectivity index (χ0n) is 14.8. The third-order valence-corrected chi connectivity index (χ3v) is 5.05. The Bertz CT molecular complexity index is 1200. The monoisotopic (exact) mass is 355 g/mol. The Balaban J connectivity index is 1.48. The third-order valence-electron chi connectivity index (χ3n) is 5.05. The number of rotatable bonds is 3. The molecule has 0 aliphatic heterocycles. The first-order chi connectivity index (χ1) is 13.2. The molecule has 0 saturated carbocycles. The van der Waals surface area contributed by atoms with E-state index in [1.54, 1.807) is 10.9 Å². The number of aryl methyl sites for hydroxylation is 2. The summed E-state index contributed by atoms with van der Waals surface area (Å²) in [5.41, 5.74) is 4.99. The van der Waals surface area contributed by atoms with Crippen LogP contribution in [0.25, 0.3) is 16.6 Å². The van der Waals surface area contributed by atoms with Crippen LogP contribution in [0.2, 0.25) is 0 Å². The summed E-state index contributed by atoms with van der Waals surface area (Å²) < 4.78 is 9.93. The first-order valence-corrected chi connectivity index (χ1v) is 8.88. The highest BCUT2D eigenvalue weighted by Gasteiger charge is 2.24. The molecule has 132 valence electrons. The molecule has 27 heavy (non-hydrogen) atoms. The van der Waals surface area contributed by atoms with Crippen LogP contribution in [0.5, 0.6) is 5.75 Å². The lowest BCUT2D eigenvalue weighted by molar-refractivity contribution is 0.208. The van der Waals surface area contributed by atoms with Gasteiger partial charge in [-0.1, -0.05) is 6.07 Å².